The van der Waals surface area contributed by atoms with Crippen molar-refractivity contribution in [3.8, 4) is 0 Å². The normalized spacial score (nSPS) is 28.5. The molecule has 4 heteroatoms. The molecule has 0 N–H and O–H groups in total. The van der Waals surface area contributed by atoms with Gasteiger partial charge in [-0.25, -0.2) is 0 Å². The van der Waals surface area contributed by atoms with E-state index < -0.39 is 17.5 Å². The zero-order valence-corrected chi connectivity index (χ0v) is 13.3. The van der Waals surface area contributed by atoms with Gasteiger partial charge in [-0.15, -0.1) is 0 Å². The van der Waals surface area contributed by atoms with E-state index in [1.54, 1.807) is 13.8 Å². The Bertz CT molecular complexity index is 578. The average Bonchev–Trinajstić information content (AvgIpc) is 2.55. The van der Waals surface area contributed by atoms with E-state index in [0.717, 1.165) is 12.0 Å². The molecule has 2 rings (SSSR count). The van der Waals surface area contributed by atoms with E-state index in [0.29, 0.717) is 12.0 Å². The number of ether oxygens (including phenoxy) is 2. The topological polar surface area (TPSA) is 52.6 Å². The van der Waals surface area contributed by atoms with Gasteiger partial charge < -0.3 is 9.47 Å². The first kappa shape index (κ1) is 16.4. The van der Waals surface area contributed by atoms with Gasteiger partial charge in [-0.2, -0.15) is 0 Å². The minimum absolute atomic E-state index is 0.281. The zero-order chi connectivity index (χ0) is 16.3. The van der Waals surface area contributed by atoms with Crippen molar-refractivity contribution in [3.05, 3.63) is 48.0 Å². The predicted molar refractivity (Wildman–Crippen MR) is 83.4 cm³/mol. The van der Waals surface area contributed by atoms with Crippen LogP contribution in [0, 0.1) is 5.41 Å². The molecule has 3 atom stereocenters. The standard InChI is InChI=1S/C18H22O4/c1-12-13(2)22-15(11-10-14-8-6-5-7-9-14)18(3,16(12)19)17(20)21-4/h5-9,13,15H,1,10-11H2,2-4H3/t13-,15+,18-/m1/s1. The number of esters is 1. The number of benzene rings is 1. The Kier molecular flexibility index (Phi) is 4.81. The molecule has 1 aliphatic heterocycles. The summed E-state index contributed by atoms with van der Waals surface area (Å²) in [5.41, 5.74) is 0.138. The van der Waals surface area contributed by atoms with Crippen molar-refractivity contribution in [1.82, 2.24) is 0 Å². The second-order valence-corrected chi connectivity index (χ2v) is 5.84. The van der Waals surface area contributed by atoms with Crippen LogP contribution in [0.25, 0.3) is 0 Å². The molecule has 1 aromatic rings. The van der Waals surface area contributed by atoms with Crippen LogP contribution in [0.2, 0.25) is 0 Å². The van der Waals surface area contributed by atoms with Crippen LogP contribution >= 0.6 is 0 Å². The van der Waals surface area contributed by atoms with Crippen LogP contribution in [0.4, 0.5) is 0 Å². The highest BCUT2D eigenvalue weighted by molar-refractivity contribution is 6.13. The molecule has 0 spiro atoms. The fourth-order valence-corrected chi connectivity index (χ4v) is 2.86. The van der Waals surface area contributed by atoms with Crippen LogP contribution in [0.3, 0.4) is 0 Å². The third-order valence-corrected chi connectivity index (χ3v) is 4.41. The maximum Gasteiger partial charge on any atom is 0.322 e. The predicted octanol–water partition coefficient (Wildman–Crippen LogP) is 2.71. The number of Topliss-reactive ketones (excluding diaryl/α,β-unsaturated/α-hetero) is 1. The number of methoxy groups -OCH3 is 1. The lowest BCUT2D eigenvalue weighted by atomic mass is 9.72. The quantitative estimate of drug-likeness (QED) is 0.487. The van der Waals surface area contributed by atoms with Crippen molar-refractivity contribution in [3.63, 3.8) is 0 Å². The van der Waals surface area contributed by atoms with Gasteiger partial charge in [-0.05, 0) is 32.3 Å². The molecule has 0 saturated carbocycles. The summed E-state index contributed by atoms with van der Waals surface area (Å²) in [6.45, 7) is 7.13. The van der Waals surface area contributed by atoms with Gasteiger partial charge in [0, 0.05) is 5.57 Å². The number of carbonyl (C=O) groups excluding carboxylic acids is 2. The molecular formula is C18H22O4. The van der Waals surface area contributed by atoms with Gasteiger partial charge in [-0.3, -0.25) is 9.59 Å². The van der Waals surface area contributed by atoms with Crippen LogP contribution < -0.4 is 0 Å². The van der Waals surface area contributed by atoms with Crippen LogP contribution in [-0.2, 0) is 25.5 Å². The summed E-state index contributed by atoms with van der Waals surface area (Å²) < 4.78 is 10.8. The Balaban J connectivity index is 2.23. The number of rotatable bonds is 4. The average molecular weight is 302 g/mol. The summed E-state index contributed by atoms with van der Waals surface area (Å²) in [7, 11) is 1.29. The van der Waals surface area contributed by atoms with E-state index in [1.807, 2.05) is 30.3 Å². The van der Waals surface area contributed by atoms with Gasteiger partial charge in [0.25, 0.3) is 0 Å². The van der Waals surface area contributed by atoms with E-state index >= 15 is 0 Å². The minimum Gasteiger partial charge on any atom is -0.468 e. The third-order valence-electron chi connectivity index (χ3n) is 4.41. The Morgan fingerprint density at radius 1 is 1.36 bits per heavy atom. The largest absolute Gasteiger partial charge is 0.468 e. The summed E-state index contributed by atoms with van der Waals surface area (Å²) in [5.74, 6) is -0.847. The van der Waals surface area contributed by atoms with E-state index in [4.69, 9.17) is 9.47 Å². The summed E-state index contributed by atoms with van der Waals surface area (Å²) in [4.78, 5) is 24.8. The molecule has 1 saturated heterocycles. The van der Waals surface area contributed by atoms with E-state index in [9.17, 15) is 9.59 Å². The smallest absolute Gasteiger partial charge is 0.322 e. The lowest BCUT2D eigenvalue weighted by Crippen LogP contribution is -2.55. The SMILES string of the molecule is C=C1C(=O)[C@](C)(C(=O)OC)[C@H](CCc2ccccc2)O[C@@H]1C. The first-order valence-electron chi connectivity index (χ1n) is 7.42. The van der Waals surface area contributed by atoms with Crippen molar-refractivity contribution in [2.75, 3.05) is 7.11 Å². The van der Waals surface area contributed by atoms with Crippen LogP contribution in [0.15, 0.2) is 42.5 Å². The van der Waals surface area contributed by atoms with E-state index in [1.165, 1.54) is 7.11 Å². The van der Waals surface area contributed by atoms with Crippen LogP contribution in [-0.4, -0.2) is 31.1 Å². The molecular weight excluding hydrogens is 280 g/mol. The Hall–Kier alpha value is -1.94. The molecule has 22 heavy (non-hydrogen) atoms. The molecule has 118 valence electrons. The number of hydrogen-bond donors (Lipinski definition) is 0. The summed E-state index contributed by atoms with van der Waals surface area (Å²) in [6.07, 6.45) is 0.392. The number of aryl methyl sites for hydroxylation is 1. The Labute approximate surface area is 131 Å². The Morgan fingerprint density at radius 2 is 2.00 bits per heavy atom. The van der Waals surface area contributed by atoms with E-state index in [-0.39, 0.29) is 11.9 Å². The second kappa shape index (κ2) is 6.44. The van der Waals surface area contributed by atoms with Gasteiger partial charge in [0.05, 0.1) is 19.3 Å². The molecule has 1 fully saturated rings. The molecule has 1 aliphatic rings. The summed E-state index contributed by atoms with van der Waals surface area (Å²) in [5, 5.41) is 0. The first-order valence-corrected chi connectivity index (χ1v) is 7.42. The molecule has 0 aromatic heterocycles. The first-order chi connectivity index (χ1) is 10.4. The highest BCUT2D eigenvalue weighted by Gasteiger charge is 2.54. The number of hydrogen-bond acceptors (Lipinski definition) is 4. The molecule has 1 heterocycles. The maximum absolute atomic E-state index is 12.6. The highest BCUT2D eigenvalue weighted by Crippen LogP contribution is 2.39. The number of carbonyl (C=O) groups is 2. The maximum atomic E-state index is 12.6. The fraction of sp³-hybridized carbons (Fsp3) is 0.444. The van der Waals surface area contributed by atoms with Crippen molar-refractivity contribution in [2.45, 2.75) is 38.9 Å². The zero-order valence-electron chi connectivity index (χ0n) is 13.3. The van der Waals surface area contributed by atoms with Gasteiger partial charge in [0.15, 0.2) is 11.2 Å². The molecule has 4 nitrogen and oxygen atoms in total. The summed E-state index contributed by atoms with van der Waals surface area (Å²) in [6, 6.07) is 9.91. The monoisotopic (exact) mass is 302 g/mol. The minimum atomic E-state index is -1.33. The fourth-order valence-electron chi connectivity index (χ4n) is 2.86. The van der Waals surface area contributed by atoms with Crippen molar-refractivity contribution in [1.29, 1.82) is 0 Å². The van der Waals surface area contributed by atoms with Gasteiger partial charge in [0.2, 0.25) is 0 Å². The Morgan fingerprint density at radius 3 is 2.59 bits per heavy atom. The molecule has 0 radical (unpaired) electrons. The van der Waals surface area contributed by atoms with Crippen molar-refractivity contribution < 1.29 is 19.1 Å². The second-order valence-electron chi connectivity index (χ2n) is 5.84. The lowest BCUT2D eigenvalue weighted by molar-refractivity contribution is -0.175. The molecule has 0 unspecified atom stereocenters. The third kappa shape index (κ3) is 2.83. The highest BCUT2D eigenvalue weighted by atomic mass is 16.5. The van der Waals surface area contributed by atoms with Crippen molar-refractivity contribution >= 4 is 11.8 Å². The molecule has 0 bridgehead atoms. The van der Waals surface area contributed by atoms with Gasteiger partial charge in [-0.1, -0.05) is 36.9 Å². The summed E-state index contributed by atoms with van der Waals surface area (Å²) >= 11 is 0. The van der Waals surface area contributed by atoms with E-state index in [2.05, 4.69) is 6.58 Å². The molecule has 0 aliphatic carbocycles. The van der Waals surface area contributed by atoms with Gasteiger partial charge >= 0.3 is 5.97 Å². The van der Waals surface area contributed by atoms with Crippen molar-refractivity contribution in [2.24, 2.45) is 5.41 Å². The van der Waals surface area contributed by atoms with Crippen LogP contribution in [0.1, 0.15) is 25.8 Å². The molecule has 1 aromatic carbocycles. The molecule has 0 amide bonds. The lowest BCUT2D eigenvalue weighted by Gasteiger charge is -2.41. The van der Waals surface area contributed by atoms with Gasteiger partial charge in [0.1, 0.15) is 0 Å². The number of ketones is 1. The van der Waals surface area contributed by atoms with Crippen LogP contribution in [0.5, 0.6) is 0 Å².